The number of carbonyl (C=O) groups is 1. The van der Waals surface area contributed by atoms with E-state index in [1.165, 1.54) is 7.11 Å². The fourth-order valence-electron chi connectivity index (χ4n) is 2.10. The Hall–Kier alpha value is -1.75. The van der Waals surface area contributed by atoms with Gasteiger partial charge in [-0.05, 0) is 46.1 Å². The second-order valence-electron chi connectivity index (χ2n) is 4.97. The first-order valence-electron chi connectivity index (χ1n) is 6.87. The lowest BCUT2D eigenvalue weighted by Crippen LogP contribution is -2.33. The van der Waals surface area contributed by atoms with Gasteiger partial charge in [-0.3, -0.25) is 4.79 Å². The Morgan fingerprint density at radius 2 is 2.00 bits per heavy atom. The van der Waals surface area contributed by atoms with Gasteiger partial charge in [-0.2, -0.15) is 0 Å². The largest absolute Gasteiger partial charge is 0.494 e. The highest BCUT2D eigenvalue weighted by atomic mass is 16.5. The summed E-state index contributed by atoms with van der Waals surface area (Å²) in [7, 11) is 5.59. The maximum Gasteiger partial charge on any atom is 0.257 e. The molecule has 1 aromatic rings. The lowest BCUT2D eigenvalue weighted by molar-refractivity contribution is 0.0756. The molecule has 1 aromatic carbocycles. The number of nitrogens with zero attached hydrogens (tertiary/aromatic N) is 2. The molecule has 5 heteroatoms. The van der Waals surface area contributed by atoms with E-state index in [9.17, 15) is 4.79 Å². The van der Waals surface area contributed by atoms with E-state index in [0.29, 0.717) is 23.5 Å². The van der Waals surface area contributed by atoms with Crippen LogP contribution >= 0.6 is 0 Å². The number of methoxy groups -OCH3 is 1. The molecule has 112 valence electrons. The van der Waals surface area contributed by atoms with Crippen molar-refractivity contribution in [1.82, 2.24) is 9.80 Å². The molecule has 0 radical (unpaired) electrons. The second-order valence-corrected chi connectivity index (χ2v) is 4.97. The van der Waals surface area contributed by atoms with E-state index in [1.807, 2.05) is 25.9 Å². The standard InChI is InChI=1S/C15H25N3O2/c1-5-18(11-7-10-17(2)3)15(19)12-8-6-9-13(16)14(12)20-4/h6,8-9H,5,7,10-11,16H2,1-4H3. The highest BCUT2D eigenvalue weighted by molar-refractivity contribution is 5.98. The van der Waals surface area contributed by atoms with Gasteiger partial charge in [0.1, 0.15) is 0 Å². The number of benzene rings is 1. The molecule has 0 spiro atoms. The zero-order chi connectivity index (χ0) is 15.1. The van der Waals surface area contributed by atoms with E-state index in [-0.39, 0.29) is 5.91 Å². The van der Waals surface area contributed by atoms with Crippen LogP contribution < -0.4 is 10.5 Å². The van der Waals surface area contributed by atoms with Gasteiger partial charge in [-0.15, -0.1) is 0 Å². The van der Waals surface area contributed by atoms with Gasteiger partial charge in [0.15, 0.2) is 5.75 Å². The van der Waals surface area contributed by atoms with Crippen molar-refractivity contribution < 1.29 is 9.53 Å². The summed E-state index contributed by atoms with van der Waals surface area (Å²) in [6.07, 6.45) is 0.942. The van der Waals surface area contributed by atoms with Crippen molar-refractivity contribution >= 4 is 11.6 Å². The van der Waals surface area contributed by atoms with Crippen molar-refractivity contribution in [2.75, 3.05) is 46.6 Å². The molecule has 0 aromatic heterocycles. The third kappa shape index (κ3) is 4.13. The predicted octanol–water partition coefficient (Wildman–Crippen LogP) is 1.69. The molecule has 0 bridgehead atoms. The first-order valence-corrected chi connectivity index (χ1v) is 6.87. The normalized spacial score (nSPS) is 10.7. The molecule has 20 heavy (non-hydrogen) atoms. The van der Waals surface area contributed by atoms with Gasteiger partial charge < -0.3 is 20.3 Å². The number of para-hydroxylation sites is 1. The molecule has 0 aliphatic rings. The lowest BCUT2D eigenvalue weighted by atomic mass is 10.1. The van der Waals surface area contributed by atoms with Crippen molar-refractivity contribution in [3.05, 3.63) is 23.8 Å². The molecular weight excluding hydrogens is 254 g/mol. The number of ether oxygens (including phenoxy) is 1. The first kappa shape index (κ1) is 16.3. The van der Waals surface area contributed by atoms with Gasteiger partial charge in [0.25, 0.3) is 5.91 Å². The molecule has 0 atom stereocenters. The number of nitrogens with two attached hydrogens (primary N) is 1. The molecule has 5 nitrogen and oxygen atoms in total. The molecule has 0 heterocycles. The Labute approximate surface area is 121 Å². The minimum absolute atomic E-state index is 0.0320. The van der Waals surface area contributed by atoms with Gasteiger partial charge in [0, 0.05) is 13.1 Å². The van der Waals surface area contributed by atoms with E-state index < -0.39 is 0 Å². The number of nitrogen functional groups attached to an aromatic ring is 1. The summed E-state index contributed by atoms with van der Waals surface area (Å²) in [6.45, 7) is 4.33. The fraction of sp³-hybridized carbons (Fsp3) is 0.533. The number of hydrogen-bond donors (Lipinski definition) is 1. The highest BCUT2D eigenvalue weighted by Crippen LogP contribution is 2.27. The maximum atomic E-state index is 12.6. The molecule has 2 N–H and O–H groups in total. The molecule has 0 saturated heterocycles. The van der Waals surface area contributed by atoms with Crippen molar-refractivity contribution in [3.8, 4) is 5.75 Å². The Morgan fingerprint density at radius 1 is 1.30 bits per heavy atom. The van der Waals surface area contributed by atoms with Crippen LogP contribution in [-0.2, 0) is 0 Å². The molecule has 0 unspecified atom stereocenters. The minimum atomic E-state index is -0.0320. The second kappa shape index (κ2) is 7.75. The maximum absolute atomic E-state index is 12.6. The van der Waals surface area contributed by atoms with Crippen LogP contribution in [0.3, 0.4) is 0 Å². The zero-order valence-electron chi connectivity index (χ0n) is 12.8. The van der Waals surface area contributed by atoms with Crippen LogP contribution in [0.15, 0.2) is 18.2 Å². The van der Waals surface area contributed by atoms with Gasteiger partial charge in [-0.25, -0.2) is 0 Å². The predicted molar refractivity (Wildman–Crippen MR) is 82.2 cm³/mol. The Morgan fingerprint density at radius 3 is 2.55 bits per heavy atom. The Bertz CT molecular complexity index is 447. The molecule has 0 saturated carbocycles. The molecule has 1 amide bonds. The van der Waals surface area contributed by atoms with Crippen LogP contribution in [0.2, 0.25) is 0 Å². The van der Waals surface area contributed by atoms with Crippen molar-refractivity contribution in [2.24, 2.45) is 0 Å². The van der Waals surface area contributed by atoms with Gasteiger partial charge in [0.2, 0.25) is 0 Å². The Balaban J connectivity index is 2.83. The van der Waals surface area contributed by atoms with Gasteiger partial charge in [-0.1, -0.05) is 6.07 Å². The Kier molecular flexibility index (Phi) is 6.31. The number of rotatable bonds is 7. The summed E-state index contributed by atoms with van der Waals surface area (Å²) >= 11 is 0. The summed E-state index contributed by atoms with van der Waals surface area (Å²) < 4.78 is 5.25. The smallest absolute Gasteiger partial charge is 0.257 e. The quantitative estimate of drug-likeness (QED) is 0.772. The summed E-state index contributed by atoms with van der Waals surface area (Å²) in [6, 6.07) is 5.27. The molecule has 0 aliphatic carbocycles. The minimum Gasteiger partial charge on any atom is -0.494 e. The van der Waals surface area contributed by atoms with E-state index >= 15 is 0 Å². The van der Waals surface area contributed by atoms with Crippen LogP contribution in [0, 0.1) is 0 Å². The van der Waals surface area contributed by atoms with Crippen molar-refractivity contribution in [3.63, 3.8) is 0 Å². The molecule has 0 aliphatic heterocycles. The lowest BCUT2D eigenvalue weighted by Gasteiger charge is -2.23. The SMILES string of the molecule is CCN(CCCN(C)C)C(=O)c1cccc(N)c1OC. The average molecular weight is 279 g/mol. The molecular formula is C15H25N3O2. The van der Waals surface area contributed by atoms with Crippen LogP contribution in [0.1, 0.15) is 23.7 Å². The van der Waals surface area contributed by atoms with E-state index in [1.54, 1.807) is 18.2 Å². The van der Waals surface area contributed by atoms with Crippen LogP contribution in [0.5, 0.6) is 5.75 Å². The summed E-state index contributed by atoms with van der Waals surface area (Å²) in [4.78, 5) is 16.5. The average Bonchev–Trinajstić information content (AvgIpc) is 2.42. The van der Waals surface area contributed by atoms with Gasteiger partial charge >= 0.3 is 0 Å². The van der Waals surface area contributed by atoms with E-state index in [2.05, 4.69) is 4.90 Å². The summed E-state index contributed by atoms with van der Waals surface area (Å²) in [5.41, 5.74) is 6.86. The number of amides is 1. The number of anilines is 1. The summed E-state index contributed by atoms with van der Waals surface area (Å²) in [5, 5.41) is 0. The van der Waals surface area contributed by atoms with Crippen LogP contribution in [0.25, 0.3) is 0 Å². The van der Waals surface area contributed by atoms with Crippen molar-refractivity contribution in [1.29, 1.82) is 0 Å². The van der Waals surface area contributed by atoms with E-state index in [0.717, 1.165) is 19.5 Å². The van der Waals surface area contributed by atoms with Gasteiger partial charge in [0.05, 0.1) is 18.4 Å². The molecule has 1 rings (SSSR count). The summed E-state index contributed by atoms with van der Waals surface area (Å²) in [5.74, 6) is 0.430. The zero-order valence-corrected chi connectivity index (χ0v) is 12.8. The van der Waals surface area contributed by atoms with Crippen molar-refractivity contribution in [2.45, 2.75) is 13.3 Å². The topological polar surface area (TPSA) is 58.8 Å². The van der Waals surface area contributed by atoms with Crippen LogP contribution in [-0.4, -0.2) is 56.5 Å². The number of carbonyl (C=O) groups excluding carboxylic acids is 1. The third-order valence-electron chi connectivity index (χ3n) is 3.18. The monoisotopic (exact) mass is 279 g/mol. The van der Waals surface area contributed by atoms with E-state index in [4.69, 9.17) is 10.5 Å². The number of hydrogen-bond acceptors (Lipinski definition) is 4. The first-order chi connectivity index (χ1) is 9.51. The molecule has 0 fully saturated rings. The highest BCUT2D eigenvalue weighted by Gasteiger charge is 2.19. The third-order valence-corrected chi connectivity index (χ3v) is 3.18. The van der Waals surface area contributed by atoms with Crippen LogP contribution in [0.4, 0.5) is 5.69 Å². The fourth-order valence-corrected chi connectivity index (χ4v) is 2.10.